The summed E-state index contributed by atoms with van der Waals surface area (Å²) < 4.78 is 67.5. The van der Waals surface area contributed by atoms with Crippen LogP contribution in [0.5, 0.6) is 17.2 Å². The Bertz CT molecular complexity index is 1610. The molecule has 4 aromatic rings. The van der Waals surface area contributed by atoms with Crippen LogP contribution in [0.4, 0.5) is 14.5 Å². The molecule has 1 amide bonds. The van der Waals surface area contributed by atoms with Crippen LogP contribution in [-0.2, 0) is 16.6 Å². The summed E-state index contributed by atoms with van der Waals surface area (Å²) in [6, 6.07) is 18.2. The SMILES string of the molecule is COc1cc(F)c(CNC(=O)c2cc(Cl)ccc2NS(=O)(=O)c2ccc(Oc3ccccc3Cl)cc2)c(F)c1. The van der Waals surface area contributed by atoms with Gasteiger partial charge in [-0.25, -0.2) is 17.2 Å². The first-order valence-corrected chi connectivity index (χ1v) is 13.5. The van der Waals surface area contributed by atoms with Crippen molar-refractivity contribution in [1.29, 1.82) is 0 Å². The lowest BCUT2D eigenvalue weighted by Crippen LogP contribution is -2.26. The molecule has 0 saturated carbocycles. The van der Waals surface area contributed by atoms with E-state index in [0.717, 1.165) is 12.1 Å². The van der Waals surface area contributed by atoms with E-state index in [1.807, 2.05) is 0 Å². The summed E-state index contributed by atoms with van der Waals surface area (Å²) in [6.07, 6.45) is 0. The minimum absolute atomic E-state index is 0.0185. The van der Waals surface area contributed by atoms with E-state index in [1.165, 1.54) is 49.6 Å². The van der Waals surface area contributed by atoms with Gasteiger partial charge in [-0.15, -0.1) is 0 Å². The van der Waals surface area contributed by atoms with Gasteiger partial charge >= 0.3 is 0 Å². The van der Waals surface area contributed by atoms with Crippen molar-refractivity contribution in [2.45, 2.75) is 11.4 Å². The molecule has 4 rings (SSSR count). The van der Waals surface area contributed by atoms with Crippen LogP contribution in [0.15, 0.2) is 83.8 Å². The predicted molar refractivity (Wildman–Crippen MR) is 144 cm³/mol. The molecule has 4 aromatic carbocycles. The molecule has 202 valence electrons. The zero-order valence-electron chi connectivity index (χ0n) is 20.2. The maximum Gasteiger partial charge on any atom is 0.261 e. The zero-order valence-corrected chi connectivity index (χ0v) is 22.5. The molecular weight excluding hydrogens is 573 g/mol. The van der Waals surface area contributed by atoms with Gasteiger partial charge in [-0.2, -0.15) is 0 Å². The van der Waals surface area contributed by atoms with Gasteiger partial charge in [0.1, 0.15) is 28.9 Å². The molecule has 0 saturated heterocycles. The number of sulfonamides is 1. The number of amides is 1. The fourth-order valence-corrected chi connectivity index (χ4v) is 4.89. The number of methoxy groups -OCH3 is 1. The Morgan fingerprint density at radius 3 is 2.21 bits per heavy atom. The molecule has 0 spiro atoms. The van der Waals surface area contributed by atoms with Crippen molar-refractivity contribution >= 4 is 44.8 Å². The van der Waals surface area contributed by atoms with Gasteiger partial charge < -0.3 is 14.8 Å². The summed E-state index contributed by atoms with van der Waals surface area (Å²) in [5, 5.41) is 2.92. The number of hydrogen-bond donors (Lipinski definition) is 2. The number of nitrogens with one attached hydrogen (secondary N) is 2. The molecule has 0 aromatic heterocycles. The highest BCUT2D eigenvalue weighted by molar-refractivity contribution is 7.92. The molecule has 0 aliphatic carbocycles. The molecule has 39 heavy (non-hydrogen) atoms. The third-order valence-corrected chi connectivity index (χ3v) is 7.37. The van der Waals surface area contributed by atoms with Gasteiger partial charge in [0, 0.05) is 29.3 Å². The average molecular weight is 593 g/mol. The summed E-state index contributed by atoms with van der Waals surface area (Å²) in [4.78, 5) is 12.8. The van der Waals surface area contributed by atoms with Gasteiger partial charge in [0.15, 0.2) is 0 Å². The van der Waals surface area contributed by atoms with Crippen LogP contribution in [0.25, 0.3) is 0 Å². The lowest BCUT2D eigenvalue weighted by atomic mass is 10.1. The summed E-state index contributed by atoms with van der Waals surface area (Å²) in [7, 11) is -2.89. The molecule has 0 fully saturated rings. The molecule has 0 atom stereocenters. The van der Waals surface area contributed by atoms with E-state index in [1.54, 1.807) is 24.3 Å². The van der Waals surface area contributed by atoms with Crippen LogP contribution >= 0.6 is 23.2 Å². The number of hydrogen-bond acceptors (Lipinski definition) is 5. The van der Waals surface area contributed by atoms with E-state index in [2.05, 4.69) is 10.0 Å². The van der Waals surface area contributed by atoms with Crippen molar-refractivity contribution in [3.05, 3.63) is 112 Å². The molecule has 7 nitrogen and oxygen atoms in total. The van der Waals surface area contributed by atoms with Crippen LogP contribution < -0.4 is 19.5 Å². The van der Waals surface area contributed by atoms with Crippen LogP contribution in [0.3, 0.4) is 0 Å². The maximum atomic E-state index is 14.3. The van der Waals surface area contributed by atoms with Crippen LogP contribution in [-0.4, -0.2) is 21.4 Å². The van der Waals surface area contributed by atoms with Crippen molar-refractivity contribution in [3.8, 4) is 17.2 Å². The Hall–Kier alpha value is -3.86. The Morgan fingerprint density at radius 2 is 1.56 bits per heavy atom. The lowest BCUT2D eigenvalue weighted by molar-refractivity contribution is 0.0951. The van der Waals surface area contributed by atoms with Gasteiger partial charge in [-0.05, 0) is 54.6 Å². The van der Waals surface area contributed by atoms with Crippen LogP contribution in [0.1, 0.15) is 15.9 Å². The van der Waals surface area contributed by atoms with Crippen LogP contribution in [0, 0.1) is 11.6 Å². The maximum absolute atomic E-state index is 14.3. The summed E-state index contributed by atoms with van der Waals surface area (Å²) in [6.45, 7) is -0.508. The Labute approximate surface area is 233 Å². The van der Waals surface area contributed by atoms with Gasteiger partial charge in [0.05, 0.1) is 28.3 Å². The minimum atomic E-state index is -4.16. The standard InChI is InChI=1S/C27H20Cl2F2N2O5S/c1-37-18-13-23(30)21(24(31)14-18)15-32-27(34)20-12-16(28)6-11-25(20)33-39(35,36)19-9-7-17(8-10-19)38-26-5-3-2-4-22(26)29/h2-14,33H,15H2,1H3,(H,32,34). The summed E-state index contributed by atoms with van der Waals surface area (Å²) in [5.41, 5.74) is -0.643. The highest BCUT2D eigenvalue weighted by Gasteiger charge is 2.21. The van der Waals surface area contributed by atoms with Crippen molar-refractivity contribution in [1.82, 2.24) is 5.32 Å². The highest BCUT2D eigenvalue weighted by atomic mass is 35.5. The second-order valence-corrected chi connectivity index (χ2v) is 10.6. The van der Waals surface area contributed by atoms with Gasteiger partial charge in [-0.3, -0.25) is 9.52 Å². The lowest BCUT2D eigenvalue weighted by Gasteiger charge is -2.14. The topological polar surface area (TPSA) is 93.7 Å². The van der Waals surface area contributed by atoms with E-state index in [9.17, 15) is 22.0 Å². The quantitative estimate of drug-likeness (QED) is 0.223. The second kappa shape index (κ2) is 11.9. The predicted octanol–water partition coefficient (Wildman–Crippen LogP) is 6.80. The van der Waals surface area contributed by atoms with Crippen molar-refractivity contribution in [2.75, 3.05) is 11.8 Å². The number of carbonyl (C=O) groups is 1. The smallest absolute Gasteiger partial charge is 0.261 e. The third-order valence-electron chi connectivity index (χ3n) is 5.45. The van der Waals surface area contributed by atoms with Gasteiger partial charge in [0.25, 0.3) is 15.9 Å². The Morgan fingerprint density at radius 1 is 0.897 bits per heavy atom. The Kier molecular flexibility index (Phi) is 8.59. The van der Waals surface area contributed by atoms with E-state index in [0.29, 0.717) is 16.5 Å². The molecule has 0 unspecified atom stereocenters. The number of para-hydroxylation sites is 1. The van der Waals surface area contributed by atoms with E-state index in [-0.39, 0.29) is 26.9 Å². The van der Waals surface area contributed by atoms with Gasteiger partial charge in [0.2, 0.25) is 0 Å². The number of benzene rings is 4. The van der Waals surface area contributed by atoms with E-state index < -0.39 is 39.7 Å². The van der Waals surface area contributed by atoms with Crippen LogP contribution in [0.2, 0.25) is 10.0 Å². The number of ether oxygens (including phenoxy) is 2. The van der Waals surface area contributed by atoms with E-state index in [4.69, 9.17) is 32.7 Å². The first-order valence-electron chi connectivity index (χ1n) is 11.2. The zero-order chi connectivity index (χ0) is 28.2. The highest BCUT2D eigenvalue weighted by Crippen LogP contribution is 2.30. The molecule has 2 N–H and O–H groups in total. The first kappa shape index (κ1) is 28.2. The monoisotopic (exact) mass is 592 g/mol. The second-order valence-electron chi connectivity index (χ2n) is 8.05. The molecule has 12 heteroatoms. The fourth-order valence-electron chi connectivity index (χ4n) is 3.47. The number of carbonyl (C=O) groups excluding carboxylic acids is 1. The number of rotatable bonds is 9. The molecule has 0 bridgehead atoms. The van der Waals surface area contributed by atoms with Crippen molar-refractivity contribution in [3.63, 3.8) is 0 Å². The summed E-state index contributed by atoms with van der Waals surface area (Å²) >= 11 is 12.1. The molecule has 0 aliphatic heterocycles. The van der Waals surface area contributed by atoms with Crippen molar-refractivity contribution in [2.24, 2.45) is 0 Å². The molecule has 0 aliphatic rings. The Balaban J connectivity index is 1.51. The average Bonchev–Trinajstić information content (AvgIpc) is 2.90. The molecular formula is C27H20Cl2F2N2O5S. The van der Waals surface area contributed by atoms with Crippen molar-refractivity contribution < 1.29 is 31.5 Å². The first-order chi connectivity index (χ1) is 18.6. The summed E-state index contributed by atoms with van der Waals surface area (Å²) in [5.74, 6) is -1.91. The molecule has 0 radical (unpaired) electrons. The largest absolute Gasteiger partial charge is 0.497 e. The minimum Gasteiger partial charge on any atom is -0.497 e. The fraction of sp³-hybridized carbons (Fsp3) is 0.0741. The molecule has 0 heterocycles. The number of halogens is 4. The number of anilines is 1. The third kappa shape index (κ3) is 6.78. The van der Waals surface area contributed by atoms with Gasteiger partial charge in [-0.1, -0.05) is 35.3 Å². The van der Waals surface area contributed by atoms with E-state index >= 15 is 0 Å². The normalized spacial score (nSPS) is 11.1.